The highest BCUT2D eigenvalue weighted by Gasteiger charge is 2.16. The fourth-order valence-electron chi connectivity index (χ4n) is 3.28. The number of likely N-dealkylation sites (N-methyl/N-ethyl adjacent to an activating group) is 1. The van der Waals surface area contributed by atoms with E-state index in [4.69, 9.17) is 27.9 Å². The van der Waals surface area contributed by atoms with Crippen molar-refractivity contribution in [3.05, 3.63) is 56.7 Å². The van der Waals surface area contributed by atoms with Gasteiger partial charge in [-0.3, -0.25) is 0 Å². The van der Waals surface area contributed by atoms with Crippen molar-refractivity contribution in [1.29, 1.82) is 0 Å². The Labute approximate surface area is 167 Å². The van der Waals surface area contributed by atoms with Gasteiger partial charge in [-0.15, -0.1) is 11.3 Å². The molecule has 0 atom stereocenters. The van der Waals surface area contributed by atoms with E-state index in [0.29, 0.717) is 15.3 Å². The smallest absolute Gasteiger partial charge is 0.120 e. The van der Waals surface area contributed by atoms with Crippen LogP contribution in [-0.2, 0) is 6.61 Å². The number of ether oxygens (including phenoxy) is 1. The van der Waals surface area contributed by atoms with Crippen molar-refractivity contribution in [1.82, 2.24) is 4.90 Å². The lowest BCUT2D eigenvalue weighted by Gasteiger charge is -2.34. The van der Waals surface area contributed by atoms with Crippen LogP contribution in [0.4, 0.5) is 5.69 Å². The highest BCUT2D eigenvalue weighted by atomic mass is 35.5. The summed E-state index contributed by atoms with van der Waals surface area (Å²) in [6.07, 6.45) is 0. The van der Waals surface area contributed by atoms with Gasteiger partial charge in [0.05, 0.1) is 4.34 Å². The molecule has 3 aromatic rings. The summed E-state index contributed by atoms with van der Waals surface area (Å²) in [7, 11) is 2.17. The zero-order valence-electron chi connectivity index (χ0n) is 14.5. The quantitative estimate of drug-likeness (QED) is 0.565. The molecule has 3 nitrogen and oxygen atoms in total. The van der Waals surface area contributed by atoms with E-state index >= 15 is 0 Å². The number of anilines is 1. The fraction of sp³-hybridized carbons (Fsp3) is 0.300. The highest BCUT2D eigenvalue weighted by Crippen LogP contribution is 2.33. The Morgan fingerprint density at radius 1 is 1.04 bits per heavy atom. The molecule has 1 aliphatic rings. The minimum Gasteiger partial charge on any atom is -0.489 e. The molecule has 0 amide bonds. The minimum atomic E-state index is 0.421. The Morgan fingerprint density at radius 3 is 2.58 bits per heavy atom. The molecule has 1 aliphatic heterocycles. The summed E-state index contributed by atoms with van der Waals surface area (Å²) in [5, 5.41) is 2.45. The van der Waals surface area contributed by atoms with Gasteiger partial charge in [-0.2, -0.15) is 0 Å². The van der Waals surface area contributed by atoms with Crippen molar-refractivity contribution < 1.29 is 4.74 Å². The number of fused-ring (bicyclic) bond motifs is 1. The molecule has 6 heteroatoms. The minimum absolute atomic E-state index is 0.421. The zero-order valence-corrected chi connectivity index (χ0v) is 16.9. The van der Waals surface area contributed by atoms with E-state index in [1.165, 1.54) is 27.8 Å². The lowest BCUT2D eigenvalue weighted by molar-refractivity contribution is 0.307. The van der Waals surface area contributed by atoms with E-state index in [2.05, 4.69) is 47.2 Å². The molecule has 0 bridgehead atoms. The van der Waals surface area contributed by atoms with E-state index in [9.17, 15) is 0 Å². The first kappa shape index (κ1) is 17.9. The number of thiophene rings is 1. The number of benzene rings is 2. The average molecular weight is 407 g/mol. The van der Waals surface area contributed by atoms with Gasteiger partial charge in [-0.1, -0.05) is 41.4 Å². The molecule has 0 unspecified atom stereocenters. The molecule has 1 fully saturated rings. The molecule has 4 rings (SSSR count). The van der Waals surface area contributed by atoms with Crippen molar-refractivity contribution in [3.63, 3.8) is 0 Å². The fourth-order valence-corrected chi connectivity index (χ4v) is 4.74. The van der Waals surface area contributed by atoms with Gasteiger partial charge < -0.3 is 14.5 Å². The van der Waals surface area contributed by atoms with Crippen LogP contribution in [0.1, 0.15) is 5.56 Å². The van der Waals surface area contributed by atoms with Gasteiger partial charge in [0.2, 0.25) is 0 Å². The summed E-state index contributed by atoms with van der Waals surface area (Å²) in [6, 6.07) is 14.6. The second kappa shape index (κ2) is 7.65. The predicted octanol–water partition coefficient (Wildman–Crippen LogP) is 5.54. The monoisotopic (exact) mass is 406 g/mol. The number of halogens is 2. The van der Waals surface area contributed by atoms with Crippen molar-refractivity contribution in [3.8, 4) is 5.75 Å². The van der Waals surface area contributed by atoms with Gasteiger partial charge in [0, 0.05) is 42.8 Å². The maximum Gasteiger partial charge on any atom is 0.120 e. The SMILES string of the molecule is CN1CCN(c2cccc3ccc(OCc4cc(Cl)sc4Cl)cc23)CC1. The Morgan fingerprint density at radius 2 is 1.85 bits per heavy atom. The van der Waals surface area contributed by atoms with E-state index in [-0.39, 0.29) is 0 Å². The second-order valence-corrected chi connectivity index (χ2v) is 8.87. The standard InChI is InChI=1S/C20H20Cl2N2OS/c1-23-7-9-24(10-8-23)18-4-2-3-14-5-6-16(12-17(14)18)25-13-15-11-19(21)26-20(15)22/h2-6,11-12H,7-10,13H2,1H3. The molecule has 0 aliphatic carbocycles. The Kier molecular flexibility index (Phi) is 5.28. The summed E-state index contributed by atoms with van der Waals surface area (Å²) in [4.78, 5) is 4.83. The predicted molar refractivity (Wildman–Crippen MR) is 112 cm³/mol. The molecular formula is C20H20Cl2N2OS. The number of hydrogen-bond acceptors (Lipinski definition) is 4. The van der Waals surface area contributed by atoms with Crippen molar-refractivity contribution in [2.75, 3.05) is 38.1 Å². The maximum absolute atomic E-state index is 6.19. The van der Waals surface area contributed by atoms with Gasteiger partial charge >= 0.3 is 0 Å². The number of hydrogen-bond donors (Lipinski definition) is 0. The van der Waals surface area contributed by atoms with E-state index < -0.39 is 0 Å². The van der Waals surface area contributed by atoms with Crippen LogP contribution >= 0.6 is 34.5 Å². The molecule has 1 saturated heterocycles. The normalized spacial score (nSPS) is 15.6. The lowest BCUT2D eigenvalue weighted by atomic mass is 10.1. The Bertz CT molecular complexity index is 919. The van der Waals surface area contributed by atoms with Crippen molar-refractivity contribution in [2.45, 2.75) is 6.61 Å². The van der Waals surface area contributed by atoms with Gasteiger partial charge in [0.25, 0.3) is 0 Å². The van der Waals surface area contributed by atoms with Crippen LogP contribution in [0.25, 0.3) is 10.8 Å². The number of rotatable bonds is 4. The second-order valence-electron chi connectivity index (χ2n) is 6.59. The molecule has 0 spiro atoms. The van der Waals surface area contributed by atoms with Gasteiger partial charge in [-0.25, -0.2) is 0 Å². The number of nitrogens with zero attached hydrogens (tertiary/aromatic N) is 2. The molecule has 0 radical (unpaired) electrons. The molecule has 2 heterocycles. The molecular weight excluding hydrogens is 387 g/mol. The Hall–Kier alpha value is -1.46. The third-order valence-corrected chi connectivity index (χ3v) is 6.37. The molecule has 0 N–H and O–H groups in total. The van der Waals surface area contributed by atoms with Crippen LogP contribution in [0.2, 0.25) is 8.67 Å². The van der Waals surface area contributed by atoms with Gasteiger partial charge in [0.15, 0.2) is 0 Å². The Balaban J connectivity index is 1.59. The van der Waals surface area contributed by atoms with E-state index in [1.807, 2.05) is 12.1 Å². The third kappa shape index (κ3) is 3.79. The van der Waals surface area contributed by atoms with Crippen LogP contribution in [0.15, 0.2) is 42.5 Å². The van der Waals surface area contributed by atoms with Crippen LogP contribution in [-0.4, -0.2) is 38.1 Å². The van der Waals surface area contributed by atoms with Crippen molar-refractivity contribution in [2.24, 2.45) is 0 Å². The summed E-state index contributed by atoms with van der Waals surface area (Å²) in [5.41, 5.74) is 2.20. The number of piperazine rings is 1. The lowest BCUT2D eigenvalue weighted by Crippen LogP contribution is -2.44. The van der Waals surface area contributed by atoms with Crippen LogP contribution in [0, 0.1) is 0 Å². The topological polar surface area (TPSA) is 15.7 Å². The van der Waals surface area contributed by atoms with Gasteiger partial charge in [-0.05, 0) is 36.7 Å². The van der Waals surface area contributed by atoms with E-state index in [1.54, 1.807) is 0 Å². The summed E-state index contributed by atoms with van der Waals surface area (Å²) in [5.74, 6) is 0.845. The molecule has 26 heavy (non-hydrogen) atoms. The first-order valence-electron chi connectivity index (χ1n) is 8.63. The summed E-state index contributed by atoms with van der Waals surface area (Å²) >= 11 is 13.6. The summed E-state index contributed by atoms with van der Waals surface area (Å²) < 4.78 is 7.36. The first-order chi connectivity index (χ1) is 12.6. The highest BCUT2D eigenvalue weighted by molar-refractivity contribution is 7.20. The van der Waals surface area contributed by atoms with Crippen LogP contribution in [0.3, 0.4) is 0 Å². The zero-order chi connectivity index (χ0) is 18.1. The molecule has 1 aromatic heterocycles. The van der Waals surface area contributed by atoms with E-state index in [0.717, 1.165) is 37.5 Å². The molecule has 2 aromatic carbocycles. The molecule has 0 saturated carbocycles. The van der Waals surface area contributed by atoms with Crippen molar-refractivity contribution >= 4 is 51.0 Å². The van der Waals surface area contributed by atoms with Gasteiger partial charge in [0.1, 0.15) is 16.7 Å². The summed E-state index contributed by atoms with van der Waals surface area (Å²) in [6.45, 7) is 4.69. The van der Waals surface area contributed by atoms with Crippen LogP contribution in [0.5, 0.6) is 5.75 Å². The third-order valence-electron chi connectivity index (χ3n) is 4.80. The molecule has 136 valence electrons. The van der Waals surface area contributed by atoms with Crippen LogP contribution < -0.4 is 9.64 Å². The maximum atomic E-state index is 6.19. The first-order valence-corrected chi connectivity index (χ1v) is 10.2. The average Bonchev–Trinajstić information content (AvgIpc) is 2.97. The largest absolute Gasteiger partial charge is 0.489 e.